The molecule has 0 aromatic heterocycles. The predicted molar refractivity (Wildman–Crippen MR) is 102 cm³/mol. The molecule has 0 saturated heterocycles. The summed E-state index contributed by atoms with van der Waals surface area (Å²) in [5.74, 6) is -0.0370. The Kier molecular flexibility index (Phi) is 6.32. The summed E-state index contributed by atoms with van der Waals surface area (Å²) in [6.07, 6.45) is 0. The van der Waals surface area contributed by atoms with Crippen LogP contribution in [0.25, 0.3) is 0 Å². The molecular weight excluding hydrogens is 352 g/mol. The normalized spacial score (nSPS) is 11.2. The van der Waals surface area contributed by atoms with Gasteiger partial charge in [-0.25, -0.2) is 0 Å². The maximum absolute atomic E-state index is 12.4. The first-order chi connectivity index (χ1) is 12.8. The molecular formula is C18H20N4O5. The molecule has 0 aliphatic heterocycles. The fourth-order valence-corrected chi connectivity index (χ4v) is 2.32. The van der Waals surface area contributed by atoms with Crippen LogP contribution in [0, 0.1) is 10.1 Å². The Hall–Kier alpha value is -3.62. The second kappa shape index (κ2) is 8.65. The molecule has 0 bridgehead atoms. The van der Waals surface area contributed by atoms with Crippen molar-refractivity contribution in [2.75, 3.05) is 23.1 Å². The molecule has 2 rings (SSSR count). The van der Waals surface area contributed by atoms with Crippen LogP contribution in [0.2, 0.25) is 0 Å². The zero-order chi connectivity index (χ0) is 20.0. The smallest absolute Gasteiger partial charge is 0.269 e. The number of anilines is 3. The number of nitro benzene ring substituents is 1. The van der Waals surface area contributed by atoms with Gasteiger partial charge in [-0.05, 0) is 37.3 Å². The Morgan fingerprint density at radius 2 is 1.70 bits per heavy atom. The lowest BCUT2D eigenvalue weighted by molar-refractivity contribution is -0.384. The highest BCUT2D eigenvalue weighted by molar-refractivity contribution is 5.97. The Bertz CT molecular complexity index is 851. The van der Waals surface area contributed by atoms with E-state index in [1.54, 1.807) is 25.1 Å². The van der Waals surface area contributed by atoms with Crippen LogP contribution in [0.4, 0.5) is 22.7 Å². The van der Waals surface area contributed by atoms with Crippen molar-refractivity contribution in [1.82, 2.24) is 0 Å². The fourth-order valence-electron chi connectivity index (χ4n) is 2.32. The first-order valence-electron chi connectivity index (χ1n) is 8.07. The summed E-state index contributed by atoms with van der Waals surface area (Å²) in [7, 11) is 1.50. The van der Waals surface area contributed by atoms with E-state index in [0.29, 0.717) is 22.8 Å². The van der Waals surface area contributed by atoms with Gasteiger partial charge in [0.15, 0.2) is 0 Å². The standard InChI is InChI=1S/C18H20N4O5/c1-11(18(24)21-13-4-7-15(8-5-13)22(25)26)19-16-10-14(20-12(2)23)6-9-17(16)27-3/h4-11,19H,1-3H3,(H,20,23)(H,21,24)/t11-/m1/s1. The number of carbonyl (C=O) groups excluding carboxylic acids is 2. The van der Waals surface area contributed by atoms with E-state index in [1.165, 1.54) is 38.3 Å². The van der Waals surface area contributed by atoms with Crippen molar-refractivity contribution in [3.05, 3.63) is 52.6 Å². The van der Waals surface area contributed by atoms with Crippen molar-refractivity contribution in [1.29, 1.82) is 0 Å². The van der Waals surface area contributed by atoms with Crippen LogP contribution in [0.3, 0.4) is 0 Å². The lowest BCUT2D eigenvalue weighted by Crippen LogP contribution is -2.32. The molecule has 0 aliphatic carbocycles. The van der Waals surface area contributed by atoms with Gasteiger partial charge in [-0.1, -0.05) is 0 Å². The van der Waals surface area contributed by atoms with Gasteiger partial charge in [0.1, 0.15) is 11.8 Å². The molecule has 0 saturated carbocycles. The highest BCUT2D eigenvalue weighted by Crippen LogP contribution is 2.28. The first kappa shape index (κ1) is 19.7. The van der Waals surface area contributed by atoms with Gasteiger partial charge >= 0.3 is 0 Å². The van der Waals surface area contributed by atoms with Crippen LogP contribution < -0.4 is 20.7 Å². The zero-order valence-corrected chi connectivity index (χ0v) is 15.1. The van der Waals surface area contributed by atoms with E-state index in [9.17, 15) is 19.7 Å². The van der Waals surface area contributed by atoms with Gasteiger partial charge in [-0.2, -0.15) is 0 Å². The van der Waals surface area contributed by atoms with E-state index >= 15 is 0 Å². The molecule has 0 heterocycles. The number of amides is 2. The van der Waals surface area contributed by atoms with E-state index in [-0.39, 0.29) is 17.5 Å². The summed E-state index contributed by atoms with van der Waals surface area (Å²) in [6.45, 7) is 3.06. The van der Waals surface area contributed by atoms with Crippen molar-refractivity contribution in [3.8, 4) is 5.75 Å². The highest BCUT2D eigenvalue weighted by Gasteiger charge is 2.16. The van der Waals surface area contributed by atoms with E-state index < -0.39 is 11.0 Å². The number of methoxy groups -OCH3 is 1. The fraction of sp³-hybridized carbons (Fsp3) is 0.222. The van der Waals surface area contributed by atoms with Gasteiger partial charge in [0, 0.05) is 30.4 Å². The summed E-state index contributed by atoms with van der Waals surface area (Å²) in [5.41, 5.74) is 1.49. The number of nitrogens with one attached hydrogen (secondary N) is 3. The largest absolute Gasteiger partial charge is 0.495 e. The number of nitrogens with zero attached hydrogens (tertiary/aromatic N) is 1. The van der Waals surface area contributed by atoms with Gasteiger partial charge in [0.25, 0.3) is 5.69 Å². The van der Waals surface area contributed by atoms with Gasteiger partial charge in [-0.15, -0.1) is 0 Å². The van der Waals surface area contributed by atoms with Crippen molar-refractivity contribution in [2.24, 2.45) is 0 Å². The second-order valence-corrected chi connectivity index (χ2v) is 5.76. The van der Waals surface area contributed by atoms with Gasteiger partial charge in [0.05, 0.1) is 17.7 Å². The summed E-state index contributed by atoms with van der Waals surface area (Å²) >= 11 is 0. The van der Waals surface area contributed by atoms with Gasteiger partial charge < -0.3 is 20.7 Å². The third kappa shape index (κ3) is 5.43. The lowest BCUT2D eigenvalue weighted by atomic mass is 10.2. The van der Waals surface area contributed by atoms with Crippen LogP contribution in [0.5, 0.6) is 5.75 Å². The molecule has 9 nitrogen and oxygen atoms in total. The minimum absolute atomic E-state index is 0.0568. The number of hydrogen-bond donors (Lipinski definition) is 3. The Labute approximate surface area is 155 Å². The molecule has 0 unspecified atom stereocenters. The Morgan fingerprint density at radius 3 is 2.26 bits per heavy atom. The Balaban J connectivity index is 2.08. The molecule has 2 amide bonds. The molecule has 0 aliphatic rings. The molecule has 2 aromatic carbocycles. The molecule has 1 atom stereocenters. The van der Waals surface area contributed by atoms with Crippen molar-refractivity contribution >= 4 is 34.6 Å². The van der Waals surface area contributed by atoms with Crippen LogP contribution in [-0.2, 0) is 9.59 Å². The van der Waals surface area contributed by atoms with Crippen molar-refractivity contribution in [3.63, 3.8) is 0 Å². The molecule has 142 valence electrons. The van der Waals surface area contributed by atoms with E-state index in [0.717, 1.165) is 0 Å². The molecule has 0 fully saturated rings. The molecule has 3 N–H and O–H groups in total. The van der Waals surface area contributed by atoms with Crippen LogP contribution in [0.1, 0.15) is 13.8 Å². The number of benzene rings is 2. The topological polar surface area (TPSA) is 123 Å². The summed E-state index contributed by atoms with van der Waals surface area (Å²) in [6, 6.07) is 9.93. The van der Waals surface area contributed by atoms with Crippen LogP contribution >= 0.6 is 0 Å². The first-order valence-corrected chi connectivity index (χ1v) is 8.07. The minimum Gasteiger partial charge on any atom is -0.495 e. The zero-order valence-electron chi connectivity index (χ0n) is 15.1. The van der Waals surface area contributed by atoms with Gasteiger partial charge in [0.2, 0.25) is 11.8 Å². The highest BCUT2D eigenvalue weighted by atomic mass is 16.6. The average molecular weight is 372 g/mol. The maximum atomic E-state index is 12.4. The quantitative estimate of drug-likeness (QED) is 0.507. The predicted octanol–water partition coefficient (Wildman–Crippen LogP) is 3.00. The minimum atomic E-state index is -0.637. The summed E-state index contributed by atoms with van der Waals surface area (Å²) in [5, 5.41) is 19.0. The number of nitro groups is 1. The number of carbonyl (C=O) groups is 2. The van der Waals surface area contributed by atoms with Crippen molar-refractivity contribution < 1.29 is 19.2 Å². The third-order valence-corrected chi connectivity index (χ3v) is 3.63. The molecule has 0 spiro atoms. The average Bonchev–Trinajstić information content (AvgIpc) is 2.61. The Morgan fingerprint density at radius 1 is 1.07 bits per heavy atom. The third-order valence-electron chi connectivity index (χ3n) is 3.63. The number of non-ortho nitro benzene ring substituents is 1. The second-order valence-electron chi connectivity index (χ2n) is 5.76. The van der Waals surface area contributed by atoms with E-state index in [1.807, 2.05) is 0 Å². The number of ether oxygens (including phenoxy) is 1. The molecule has 27 heavy (non-hydrogen) atoms. The van der Waals surface area contributed by atoms with Crippen LogP contribution in [0.15, 0.2) is 42.5 Å². The maximum Gasteiger partial charge on any atom is 0.269 e. The molecule has 9 heteroatoms. The van der Waals surface area contributed by atoms with Gasteiger partial charge in [-0.3, -0.25) is 19.7 Å². The number of hydrogen-bond acceptors (Lipinski definition) is 6. The summed E-state index contributed by atoms with van der Waals surface area (Å²) < 4.78 is 5.27. The van der Waals surface area contributed by atoms with E-state index in [2.05, 4.69) is 16.0 Å². The SMILES string of the molecule is COc1ccc(NC(C)=O)cc1N[C@H](C)C(=O)Nc1ccc([N+](=O)[O-])cc1. The lowest BCUT2D eigenvalue weighted by Gasteiger charge is -2.18. The van der Waals surface area contributed by atoms with Crippen LogP contribution in [-0.4, -0.2) is 29.9 Å². The number of rotatable bonds is 7. The van der Waals surface area contributed by atoms with E-state index in [4.69, 9.17) is 4.74 Å². The van der Waals surface area contributed by atoms with Crippen molar-refractivity contribution in [2.45, 2.75) is 19.9 Å². The summed E-state index contributed by atoms with van der Waals surface area (Å²) in [4.78, 5) is 33.8. The monoisotopic (exact) mass is 372 g/mol. The molecule has 2 aromatic rings. The molecule has 0 radical (unpaired) electrons.